The quantitative estimate of drug-likeness (QED) is 0.367. The lowest BCUT2D eigenvalue weighted by Crippen LogP contribution is -2.48. The van der Waals surface area contributed by atoms with E-state index in [-0.39, 0.29) is 11.7 Å². The Morgan fingerprint density at radius 1 is 1.09 bits per heavy atom. The summed E-state index contributed by atoms with van der Waals surface area (Å²) >= 11 is 5.01. The highest BCUT2D eigenvalue weighted by atomic mass is 79.9. The lowest BCUT2D eigenvalue weighted by molar-refractivity contribution is -0.113. The number of halogens is 1. The van der Waals surface area contributed by atoms with Gasteiger partial charge in [-0.1, -0.05) is 36.0 Å². The normalized spacial score (nSPS) is 26.8. The molecule has 4 saturated carbocycles. The molecule has 0 saturated heterocycles. The van der Waals surface area contributed by atoms with Crippen LogP contribution in [0.4, 0.5) is 5.69 Å². The molecule has 0 atom stereocenters. The molecule has 2 aromatic carbocycles. The summed E-state index contributed by atoms with van der Waals surface area (Å²) in [6.07, 6.45) is 8.22. The topological polar surface area (TPSA) is 72.7 Å². The molecule has 7 rings (SSSR count). The maximum absolute atomic E-state index is 13.0. The largest absolute Gasteiger partial charge is 0.324 e. The van der Waals surface area contributed by atoms with Crippen LogP contribution in [-0.4, -0.2) is 31.9 Å². The summed E-state index contributed by atoms with van der Waals surface area (Å²) in [4.78, 5) is 13.0. The molecule has 182 valence electrons. The zero-order chi connectivity index (χ0) is 24.2. The predicted molar refractivity (Wildman–Crippen MR) is 142 cm³/mol. The zero-order valence-electron chi connectivity index (χ0n) is 20.1. The third-order valence-electron chi connectivity index (χ3n) is 8.32. The molecule has 4 bridgehead atoms. The summed E-state index contributed by atoms with van der Waals surface area (Å²) in [7, 11) is 0. The van der Waals surface area contributed by atoms with Crippen LogP contribution in [-0.2, 0) is 10.2 Å². The van der Waals surface area contributed by atoms with Crippen LogP contribution < -0.4 is 5.32 Å². The van der Waals surface area contributed by atoms with E-state index in [4.69, 9.17) is 0 Å². The minimum Gasteiger partial charge on any atom is -0.324 e. The average Bonchev–Trinajstić information content (AvgIpc) is 3.26. The molecule has 1 N–H and O–H groups in total. The molecular weight excluding hydrogens is 522 g/mol. The first kappa shape index (κ1) is 23.2. The third-order valence-corrected chi connectivity index (χ3v) is 9.93. The van der Waals surface area contributed by atoms with Crippen molar-refractivity contribution in [2.45, 2.75) is 62.9 Å². The van der Waals surface area contributed by atoms with Crippen molar-refractivity contribution in [3.63, 3.8) is 0 Å². The second kappa shape index (κ2) is 9.04. The SMILES string of the molecule is Cc1cccc(C)c1-n1nnnc1SCC(=O)Nc1cc(C23CC4CC(CC(C4)C2)C3)ccc1Br. The van der Waals surface area contributed by atoms with Crippen molar-refractivity contribution in [1.29, 1.82) is 0 Å². The van der Waals surface area contributed by atoms with Crippen molar-refractivity contribution in [3.8, 4) is 5.69 Å². The lowest BCUT2D eigenvalue weighted by Gasteiger charge is -2.57. The molecule has 0 aliphatic heterocycles. The Morgan fingerprint density at radius 2 is 1.74 bits per heavy atom. The van der Waals surface area contributed by atoms with E-state index in [1.807, 2.05) is 32.0 Å². The summed E-state index contributed by atoms with van der Waals surface area (Å²) < 4.78 is 2.65. The molecule has 3 aromatic rings. The number of aromatic nitrogens is 4. The van der Waals surface area contributed by atoms with Crippen molar-refractivity contribution in [3.05, 3.63) is 57.6 Å². The molecule has 4 aliphatic carbocycles. The highest BCUT2D eigenvalue weighted by molar-refractivity contribution is 9.10. The summed E-state index contributed by atoms with van der Waals surface area (Å²) in [5.74, 6) is 2.85. The Labute approximate surface area is 218 Å². The second-order valence-electron chi connectivity index (χ2n) is 10.8. The summed E-state index contributed by atoms with van der Waals surface area (Å²) in [6.45, 7) is 4.08. The van der Waals surface area contributed by atoms with Gasteiger partial charge in [0.2, 0.25) is 11.1 Å². The number of para-hydroxylation sites is 1. The number of rotatable bonds is 6. The predicted octanol–water partition coefficient (Wildman–Crippen LogP) is 6.24. The average molecular weight is 553 g/mol. The molecule has 0 unspecified atom stereocenters. The van der Waals surface area contributed by atoms with Gasteiger partial charge < -0.3 is 5.32 Å². The molecule has 6 nitrogen and oxygen atoms in total. The summed E-state index contributed by atoms with van der Waals surface area (Å²) in [6, 6.07) is 12.7. The van der Waals surface area contributed by atoms with Crippen LogP contribution in [0.3, 0.4) is 0 Å². The molecule has 1 heterocycles. The fourth-order valence-corrected chi connectivity index (χ4v) is 8.30. The minimum atomic E-state index is -0.0607. The maximum atomic E-state index is 13.0. The number of carbonyl (C=O) groups excluding carboxylic acids is 1. The molecule has 0 spiro atoms. The van der Waals surface area contributed by atoms with E-state index < -0.39 is 0 Å². The number of hydrogen-bond acceptors (Lipinski definition) is 5. The Balaban J connectivity index is 1.17. The molecule has 4 fully saturated rings. The van der Waals surface area contributed by atoms with Crippen LogP contribution in [0.1, 0.15) is 55.2 Å². The fourth-order valence-electron chi connectivity index (χ4n) is 7.28. The van der Waals surface area contributed by atoms with Gasteiger partial charge in [0.15, 0.2) is 0 Å². The van der Waals surface area contributed by atoms with Gasteiger partial charge in [-0.2, -0.15) is 4.68 Å². The van der Waals surface area contributed by atoms with Crippen LogP contribution in [0.5, 0.6) is 0 Å². The lowest BCUT2D eigenvalue weighted by atomic mass is 9.48. The number of amides is 1. The number of tetrazole rings is 1. The molecule has 4 aliphatic rings. The van der Waals surface area contributed by atoms with Crippen molar-refractivity contribution >= 4 is 39.3 Å². The monoisotopic (exact) mass is 551 g/mol. The van der Waals surface area contributed by atoms with Crippen molar-refractivity contribution in [2.75, 3.05) is 11.1 Å². The number of anilines is 1. The number of nitrogens with one attached hydrogen (secondary N) is 1. The Hall–Kier alpha value is -2.19. The first-order valence-electron chi connectivity index (χ1n) is 12.5. The Bertz CT molecular complexity index is 1230. The molecular formula is C27H30BrN5OS. The van der Waals surface area contributed by atoms with Gasteiger partial charge in [-0.3, -0.25) is 4.79 Å². The number of carbonyl (C=O) groups is 1. The molecule has 1 aromatic heterocycles. The van der Waals surface area contributed by atoms with Gasteiger partial charge in [0, 0.05) is 4.47 Å². The van der Waals surface area contributed by atoms with Gasteiger partial charge in [-0.05, 0) is 131 Å². The fraction of sp³-hybridized carbons (Fsp3) is 0.481. The van der Waals surface area contributed by atoms with E-state index in [1.54, 1.807) is 4.68 Å². The maximum Gasteiger partial charge on any atom is 0.234 e. The van der Waals surface area contributed by atoms with Crippen LogP contribution in [0.2, 0.25) is 0 Å². The van der Waals surface area contributed by atoms with Gasteiger partial charge >= 0.3 is 0 Å². The van der Waals surface area contributed by atoms with E-state index in [2.05, 4.69) is 55.0 Å². The second-order valence-corrected chi connectivity index (χ2v) is 12.6. The first-order valence-corrected chi connectivity index (χ1v) is 14.3. The molecule has 0 radical (unpaired) electrons. The van der Waals surface area contributed by atoms with E-state index in [1.165, 1.54) is 55.9 Å². The summed E-state index contributed by atoms with van der Waals surface area (Å²) in [5, 5.41) is 16.0. The van der Waals surface area contributed by atoms with Crippen LogP contribution in [0.15, 0.2) is 46.0 Å². The van der Waals surface area contributed by atoms with Crippen molar-refractivity contribution < 1.29 is 4.79 Å². The Kier molecular flexibility index (Phi) is 6.00. The first-order chi connectivity index (χ1) is 16.9. The van der Waals surface area contributed by atoms with Gasteiger partial charge in [-0.15, -0.1) is 5.10 Å². The standard InChI is InChI=1S/C27H30BrN5OS/c1-16-4-3-5-17(2)25(16)33-26(30-31-32-33)35-15-24(34)29-23-11-21(6-7-22(23)28)27-12-18-8-19(13-27)10-20(9-18)14-27/h3-7,11,18-20H,8-10,12-15H2,1-2H3,(H,29,34). The van der Waals surface area contributed by atoms with E-state index in [9.17, 15) is 4.79 Å². The number of aryl methyl sites for hydroxylation is 2. The van der Waals surface area contributed by atoms with E-state index >= 15 is 0 Å². The number of nitrogens with zero attached hydrogens (tertiary/aromatic N) is 4. The van der Waals surface area contributed by atoms with Crippen LogP contribution >= 0.6 is 27.7 Å². The van der Waals surface area contributed by atoms with E-state index in [0.717, 1.165) is 44.7 Å². The third kappa shape index (κ3) is 4.33. The van der Waals surface area contributed by atoms with Gasteiger partial charge in [0.05, 0.1) is 17.1 Å². The smallest absolute Gasteiger partial charge is 0.234 e. The molecule has 35 heavy (non-hydrogen) atoms. The minimum absolute atomic E-state index is 0.0607. The Morgan fingerprint density at radius 3 is 2.40 bits per heavy atom. The zero-order valence-corrected chi connectivity index (χ0v) is 22.5. The number of hydrogen-bond donors (Lipinski definition) is 1. The van der Waals surface area contributed by atoms with Crippen LogP contribution in [0, 0.1) is 31.6 Å². The van der Waals surface area contributed by atoms with E-state index in [0.29, 0.717) is 10.6 Å². The molecule has 1 amide bonds. The molecule has 8 heteroatoms. The number of thioether (sulfide) groups is 1. The van der Waals surface area contributed by atoms with Crippen molar-refractivity contribution in [1.82, 2.24) is 20.2 Å². The van der Waals surface area contributed by atoms with Gasteiger partial charge in [0.1, 0.15) is 0 Å². The van der Waals surface area contributed by atoms with Gasteiger partial charge in [-0.25, -0.2) is 0 Å². The summed E-state index contributed by atoms with van der Waals surface area (Å²) in [5.41, 5.74) is 5.71. The van der Waals surface area contributed by atoms with Gasteiger partial charge in [0.25, 0.3) is 0 Å². The highest BCUT2D eigenvalue weighted by Crippen LogP contribution is 2.61. The highest BCUT2D eigenvalue weighted by Gasteiger charge is 2.51. The van der Waals surface area contributed by atoms with Crippen LogP contribution in [0.25, 0.3) is 5.69 Å². The van der Waals surface area contributed by atoms with Crippen molar-refractivity contribution in [2.24, 2.45) is 17.8 Å². The number of benzene rings is 2.